The van der Waals surface area contributed by atoms with Crippen molar-refractivity contribution < 1.29 is 4.79 Å². The Morgan fingerprint density at radius 2 is 1.68 bits per heavy atom. The van der Waals surface area contributed by atoms with Gasteiger partial charge in [-0.2, -0.15) is 0 Å². The number of aryl methyl sites for hydroxylation is 1. The monoisotopic (exact) mass is 465 g/mol. The maximum absolute atomic E-state index is 12.4. The van der Waals surface area contributed by atoms with Gasteiger partial charge in [0.1, 0.15) is 0 Å². The molecule has 0 fully saturated rings. The highest BCUT2D eigenvalue weighted by atomic mass is 32.2. The Bertz CT molecular complexity index is 1460. The number of carbonyl (C=O) groups is 1. The SMILES string of the molecule is Cc1ccc(NC(=O)CSc2nnc(-c3cc(-c4ccccc4)nc4ccccc34)n2C)cc1. The summed E-state index contributed by atoms with van der Waals surface area (Å²) in [7, 11) is 1.92. The predicted octanol–water partition coefficient (Wildman–Crippen LogP) is 5.74. The van der Waals surface area contributed by atoms with Crippen molar-refractivity contribution in [1.29, 1.82) is 0 Å². The Labute approximate surface area is 202 Å². The average molecular weight is 466 g/mol. The van der Waals surface area contributed by atoms with Gasteiger partial charge in [-0.05, 0) is 31.2 Å². The number of para-hydroxylation sites is 1. The van der Waals surface area contributed by atoms with Crippen molar-refractivity contribution in [2.24, 2.45) is 7.05 Å². The van der Waals surface area contributed by atoms with Crippen LogP contribution in [0.25, 0.3) is 33.5 Å². The lowest BCUT2D eigenvalue weighted by atomic mass is 10.0. The zero-order valence-electron chi connectivity index (χ0n) is 18.9. The molecule has 5 rings (SSSR count). The minimum absolute atomic E-state index is 0.0841. The first-order chi connectivity index (χ1) is 16.6. The Balaban J connectivity index is 1.42. The Hall–Kier alpha value is -3.97. The van der Waals surface area contributed by atoms with Crippen LogP contribution in [0, 0.1) is 6.92 Å². The van der Waals surface area contributed by atoms with E-state index in [1.807, 2.05) is 97.4 Å². The van der Waals surface area contributed by atoms with Crippen molar-refractivity contribution in [2.75, 3.05) is 11.1 Å². The number of nitrogens with zero attached hydrogens (tertiary/aromatic N) is 4. The zero-order valence-corrected chi connectivity index (χ0v) is 19.7. The smallest absolute Gasteiger partial charge is 0.234 e. The number of aromatic nitrogens is 4. The standard InChI is InChI=1S/C27H23N5OS/c1-18-12-14-20(15-13-18)28-25(33)17-34-27-31-30-26(32(27)2)22-16-24(19-8-4-3-5-9-19)29-23-11-7-6-10-21(22)23/h3-16H,17H2,1-2H3,(H,28,33). The van der Waals surface area contributed by atoms with Crippen LogP contribution in [0.5, 0.6) is 0 Å². The quantitative estimate of drug-likeness (QED) is 0.324. The van der Waals surface area contributed by atoms with Gasteiger partial charge in [-0.15, -0.1) is 10.2 Å². The first-order valence-corrected chi connectivity index (χ1v) is 11.9. The summed E-state index contributed by atoms with van der Waals surface area (Å²) in [5.74, 6) is 0.892. The second-order valence-corrected chi connectivity index (χ2v) is 8.95. The van der Waals surface area contributed by atoms with Crippen molar-refractivity contribution in [3.05, 3.63) is 90.5 Å². The number of carbonyl (C=O) groups excluding carboxylic acids is 1. The number of thioether (sulfide) groups is 1. The Kier molecular flexibility index (Phi) is 6.10. The van der Waals surface area contributed by atoms with Gasteiger partial charge in [0.05, 0.1) is 17.0 Å². The lowest BCUT2D eigenvalue weighted by Gasteiger charge is -2.10. The third-order valence-corrected chi connectivity index (χ3v) is 6.55. The van der Waals surface area contributed by atoms with Gasteiger partial charge in [-0.25, -0.2) is 4.98 Å². The lowest BCUT2D eigenvalue weighted by Crippen LogP contribution is -2.14. The Morgan fingerprint density at radius 3 is 2.47 bits per heavy atom. The summed E-state index contributed by atoms with van der Waals surface area (Å²) in [6, 6.07) is 27.9. The van der Waals surface area contributed by atoms with Crippen LogP contribution < -0.4 is 5.32 Å². The molecule has 0 saturated heterocycles. The molecule has 5 aromatic rings. The molecule has 0 atom stereocenters. The second-order valence-electron chi connectivity index (χ2n) is 8.01. The molecule has 2 heterocycles. The van der Waals surface area contributed by atoms with Crippen LogP contribution in [0.1, 0.15) is 5.56 Å². The van der Waals surface area contributed by atoms with Crippen molar-refractivity contribution in [3.8, 4) is 22.6 Å². The van der Waals surface area contributed by atoms with Gasteiger partial charge in [-0.1, -0.05) is 78.0 Å². The number of hydrogen-bond acceptors (Lipinski definition) is 5. The lowest BCUT2D eigenvalue weighted by molar-refractivity contribution is -0.113. The molecule has 0 radical (unpaired) electrons. The highest BCUT2D eigenvalue weighted by Crippen LogP contribution is 2.32. The average Bonchev–Trinajstić information content (AvgIpc) is 3.24. The maximum atomic E-state index is 12.4. The number of rotatable bonds is 6. The number of pyridine rings is 1. The summed E-state index contributed by atoms with van der Waals surface area (Å²) >= 11 is 1.36. The van der Waals surface area contributed by atoms with Gasteiger partial charge < -0.3 is 9.88 Å². The third kappa shape index (κ3) is 4.56. The van der Waals surface area contributed by atoms with Gasteiger partial charge in [-0.3, -0.25) is 4.79 Å². The Morgan fingerprint density at radius 1 is 0.941 bits per heavy atom. The van der Waals surface area contributed by atoms with E-state index in [0.717, 1.165) is 44.8 Å². The van der Waals surface area contributed by atoms with Gasteiger partial charge in [0.2, 0.25) is 5.91 Å². The number of nitrogens with one attached hydrogen (secondary N) is 1. The molecule has 0 spiro atoms. The largest absolute Gasteiger partial charge is 0.325 e. The van der Waals surface area contributed by atoms with Crippen molar-refractivity contribution in [3.63, 3.8) is 0 Å². The molecule has 3 aromatic carbocycles. The van der Waals surface area contributed by atoms with E-state index in [1.54, 1.807) is 0 Å². The molecule has 1 N–H and O–H groups in total. The van der Waals surface area contributed by atoms with Crippen LogP contribution in [0.15, 0.2) is 90.1 Å². The van der Waals surface area contributed by atoms with Gasteiger partial charge >= 0.3 is 0 Å². The molecule has 0 bridgehead atoms. The summed E-state index contributed by atoms with van der Waals surface area (Å²) in [4.78, 5) is 17.3. The fraction of sp³-hybridized carbons (Fsp3) is 0.111. The topological polar surface area (TPSA) is 72.7 Å². The molecule has 0 aliphatic rings. The highest BCUT2D eigenvalue weighted by molar-refractivity contribution is 7.99. The summed E-state index contributed by atoms with van der Waals surface area (Å²) in [6.07, 6.45) is 0. The fourth-order valence-corrected chi connectivity index (χ4v) is 4.47. The van der Waals surface area contributed by atoms with E-state index in [9.17, 15) is 4.79 Å². The van der Waals surface area contributed by atoms with Crippen LogP contribution in [-0.4, -0.2) is 31.4 Å². The minimum Gasteiger partial charge on any atom is -0.325 e. The summed E-state index contributed by atoms with van der Waals surface area (Å²) in [5, 5.41) is 13.4. The summed E-state index contributed by atoms with van der Waals surface area (Å²) < 4.78 is 1.93. The predicted molar refractivity (Wildman–Crippen MR) is 138 cm³/mol. The van der Waals surface area contributed by atoms with Crippen molar-refractivity contribution >= 4 is 34.3 Å². The summed E-state index contributed by atoms with van der Waals surface area (Å²) in [5.41, 5.74) is 5.71. The summed E-state index contributed by atoms with van der Waals surface area (Å²) in [6.45, 7) is 2.02. The third-order valence-electron chi connectivity index (χ3n) is 5.53. The molecule has 0 unspecified atom stereocenters. The van der Waals surface area contributed by atoms with E-state index in [-0.39, 0.29) is 11.7 Å². The van der Waals surface area contributed by atoms with E-state index in [2.05, 4.69) is 21.6 Å². The van der Waals surface area contributed by atoms with E-state index >= 15 is 0 Å². The normalized spacial score (nSPS) is 11.0. The molecule has 0 aliphatic carbocycles. The number of benzene rings is 3. The minimum atomic E-state index is -0.0841. The van der Waals surface area contributed by atoms with Crippen molar-refractivity contribution in [2.45, 2.75) is 12.1 Å². The van der Waals surface area contributed by atoms with Gasteiger partial charge in [0.25, 0.3) is 0 Å². The van der Waals surface area contributed by atoms with Crippen LogP contribution in [-0.2, 0) is 11.8 Å². The zero-order chi connectivity index (χ0) is 23.5. The van der Waals surface area contributed by atoms with Gasteiger partial charge in [0, 0.05) is 29.2 Å². The first-order valence-electron chi connectivity index (χ1n) is 10.9. The number of amides is 1. The number of anilines is 1. The molecule has 0 saturated carbocycles. The van der Waals surface area contributed by atoms with Crippen molar-refractivity contribution in [1.82, 2.24) is 19.7 Å². The molecular formula is C27H23N5OS. The molecule has 6 nitrogen and oxygen atoms in total. The van der Waals surface area contributed by atoms with E-state index in [4.69, 9.17) is 4.98 Å². The molecule has 0 aliphatic heterocycles. The first kappa shape index (κ1) is 21.9. The van der Waals surface area contributed by atoms with Crippen LogP contribution in [0.2, 0.25) is 0 Å². The van der Waals surface area contributed by atoms with Crippen LogP contribution in [0.4, 0.5) is 5.69 Å². The number of fused-ring (bicyclic) bond motifs is 1. The van der Waals surface area contributed by atoms with E-state index < -0.39 is 0 Å². The molecular weight excluding hydrogens is 442 g/mol. The molecule has 1 amide bonds. The van der Waals surface area contributed by atoms with Gasteiger partial charge in [0.15, 0.2) is 11.0 Å². The van der Waals surface area contributed by atoms with E-state index in [1.165, 1.54) is 11.8 Å². The molecule has 168 valence electrons. The molecule has 34 heavy (non-hydrogen) atoms. The maximum Gasteiger partial charge on any atom is 0.234 e. The highest BCUT2D eigenvalue weighted by Gasteiger charge is 2.17. The van der Waals surface area contributed by atoms with Crippen LogP contribution >= 0.6 is 11.8 Å². The van der Waals surface area contributed by atoms with E-state index in [0.29, 0.717) is 5.16 Å². The fourth-order valence-electron chi connectivity index (χ4n) is 3.76. The molecule has 7 heteroatoms. The molecule has 2 aromatic heterocycles. The number of hydrogen-bond donors (Lipinski definition) is 1. The van der Waals surface area contributed by atoms with Crippen LogP contribution in [0.3, 0.4) is 0 Å². The second kappa shape index (κ2) is 9.49.